The van der Waals surface area contributed by atoms with Gasteiger partial charge in [0, 0.05) is 68.1 Å². The number of aliphatic hydroxyl groups excluding tert-OH is 2. The van der Waals surface area contributed by atoms with Crippen LogP contribution in [0.2, 0.25) is 5.02 Å². The van der Waals surface area contributed by atoms with Crippen LogP contribution in [0.5, 0.6) is 11.5 Å². The lowest BCUT2D eigenvalue weighted by Crippen LogP contribution is -2.47. The number of ether oxygens (including phenoxy) is 3. The number of pyridine rings is 1. The highest BCUT2D eigenvalue weighted by atomic mass is 35.5. The third-order valence-electron chi connectivity index (χ3n) is 9.87. The van der Waals surface area contributed by atoms with Gasteiger partial charge in [0.25, 0.3) is 0 Å². The summed E-state index contributed by atoms with van der Waals surface area (Å²) >= 11 is 6.86. The van der Waals surface area contributed by atoms with Gasteiger partial charge in [-0.2, -0.15) is 5.26 Å². The van der Waals surface area contributed by atoms with E-state index in [0.717, 1.165) is 11.1 Å². The number of hydrogen-bond acceptors (Lipinski definition) is 10. The minimum Gasteiger partial charge on any atom is -0.489 e. The van der Waals surface area contributed by atoms with Crippen molar-refractivity contribution in [3.63, 3.8) is 0 Å². The van der Waals surface area contributed by atoms with E-state index < -0.39 is 29.8 Å². The predicted octanol–water partition coefficient (Wildman–Crippen LogP) is 4.22. The summed E-state index contributed by atoms with van der Waals surface area (Å²) in [5.41, 5.74) is 2.50. The molecule has 272 valence electrons. The molecule has 52 heavy (non-hydrogen) atoms. The molecule has 2 saturated heterocycles. The fourth-order valence-corrected chi connectivity index (χ4v) is 7.18. The number of carbonyl (C=O) groups excluding carboxylic acids is 1. The van der Waals surface area contributed by atoms with Gasteiger partial charge in [-0.3, -0.25) is 19.5 Å². The van der Waals surface area contributed by atoms with Gasteiger partial charge in [0.1, 0.15) is 49.0 Å². The van der Waals surface area contributed by atoms with Gasteiger partial charge in [0.05, 0.1) is 22.8 Å². The van der Waals surface area contributed by atoms with E-state index in [4.69, 9.17) is 25.8 Å². The Morgan fingerprint density at radius 2 is 1.88 bits per heavy atom. The standard InChI is InChI=1S/C39H41ClN4O8/c1-25-32(28-6-3-2-4-7-28)8-5-10-39(25,52-23-37(47)43-11-9-30(45)20-43)24-51-36-15-35(50-22-27-12-26(16-41)17-42-18-27)29(13-33(36)40)19-44-21-31(46)14-34(44)38(48)49/h2-8,10,12-13,15,17-18,25,30-31,34,45-46H,9,11,14,19-24H2,1H3,(H,48,49)/t25?,30-,31+,34+,39?/m1/s1. The Labute approximate surface area is 307 Å². The number of hydrogen-bond donors (Lipinski definition) is 3. The Morgan fingerprint density at radius 1 is 1.08 bits per heavy atom. The number of nitriles is 1. The maximum atomic E-state index is 13.2. The van der Waals surface area contributed by atoms with E-state index in [1.165, 1.54) is 6.20 Å². The summed E-state index contributed by atoms with van der Waals surface area (Å²) in [6.07, 6.45) is 8.11. The van der Waals surface area contributed by atoms with Crippen molar-refractivity contribution in [3.05, 3.63) is 106 Å². The Morgan fingerprint density at radius 3 is 2.62 bits per heavy atom. The number of carbonyl (C=O) groups is 2. The number of amides is 1. The number of rotatable bonds is 13. The number of carboxylic acid groups (broad SMARTS) is 1. The highest BCUT2D eigenvalue weighted by Gasteiger charge is 2.42. The number of aliphatic hydroxyl groups is 2. The summed E-state index contributed by atoms with van der Waals surface area (Å²) in [5, 5.41) is 39.7. The van der Waals surface area contributed by atoms with Crippen LogP contribution in [0.1, 0.15) is 42.0 Å². The molecule has 1 aliphatic carbocycles. The summed E-state index contributed by atoms with van der Waals surface area (Å²) in [4.78, 5) is 32.6. The third-order valence-corrected chi connectivity index (χ3v) is 10.2. The molecule has 0 bridgehead atoms. The Bertz CT molecular complexity index is 1880. The molecular weight excluding hydrogens is 688 g/mol. The molecule has 1 aromatic heterocycles. The molecule has 2 aromatic carbocycles. The predicted molar refractivity (Wildman–Crippen MR) is 191 cm³/mol. The second-order valence-corrected chi connectivity index (χ2v) is 13.8. The van der Waals surface area contributed by atoms with E-state index in [1.807, 2.05) is 55.5 Å². The molecule has 6 rings (SSSR count). The third kappa shape index (κ3) is 8.47. The quantitative estimate of drug-likeness (QED) is 0.231. The summed E-state index contributed by atoms with van der Waals surface area (Å²) in [5.74, 6) is -0.893. The van der Waals surface area contributed by atoms with Gasteiger partial charge in [0.15, 0.2) is 0 Å². The summed E-state index contributed by atoms with van der Waals surface area (Å²) in [7, 11) is 0. The minimum absolute atomic E-state index is 0.0310. The van der Waals surface area contributed by atoms with Crippen molar-refractivity contribution in [2.24, 2.45) is 5.92 Å². The van der Waals surface area contributed by atoms with Crippen LogP contribution >= 0.6 is 11.6 Å². The summed E-state index contributed by atoms with van der Waals surface area (Å²) in [6.45, 7) is 2.82. The Balaban J connectivity index is 1.29. The van der Waals surface area contributed by atoms with Crippen molar-refractivity contribution in [2.75, 3.05) is 32.8 Å². The van der Waals surface area contributed by atoms with Crippen LogP contribution in [0, 0.1) is 17.2 Å². The first kappa shape index (κ1) is 37.0. The van der Waals surface area contributed by atoms with Gasteiger partial charge in [-0.15, -0.1) is 0 Å². The van der Waals surface area contributed by atoms with Gasteiger partial charge >= 0.3 is 5.97 Å². The zero-order valence-electron chi connectivity index (χ0n) is 28.7. The van der Waals surface area contributed by atoms with E-state index in [-0.39, 0.29) is 68.5 Å². The molecule has 0 saturated carbocycles. The van der Waals surface area contributed by atoms with Crippen molar-refractivity contribution >= 4 is 29.1 Å². The van der Waals surface area contributed by atoms with Gasteiger partial charge in [-0.1, -0.05) is 61.0 Å². The molecule has 1 amide bonds. The fraction of sp³-hybridized carbons (Fsp3) is 0.385. The van der Waals surface area contributed by atoms with Crippen molar-refractivity contribution in [2.45, 2.75) is 56.8 Å². The van der Waals surface area contributed by atoms with Crippen LogP contribution < -0.4 is 9.47 Å². The smallest absolute Gasteiger partial charge is 0.321 e. The van der Waals surface area contributed by atoms with E-state index >= 15 is 0 Å². The molecule has 3 N–H and O–H groups in total. The lowest BCUT2D eigenvalue weighted by atomic mass is 9.77. The van der Waals surface area contributed by atoms with Gasteiger partial charge in [-0.25, -0.2) is 0 Å². The Hall–Kier alpha value is -4.77. The van der Waals surface area contributed by atoms with Crippen LogP contribution in [-0.2, 0) is 27.5 Å². The van der Waals surface area contributed by atoms with Crippen LogP contribution in [0.4, 0.5) is 0 Å². The zero-order valence-corrected chi connectivity index (χ0v) is 29.5. The van der Waals surface area contributed by atoms with E-state index in [1.54, 1.807) is 34.2 Å². The minimum atomic E-state index is -1.10. The van der Waals surface area contributed by atoms with E-state index in [0.29, 0.717) is 35.4 Å². The second kappa shape index (κ2) is 16.3. The van der Waals surface area contributed by atoms with Gasteiger partial charge < -0.3 is 34.4 Å². The largest absolute Gasteiger partial charge is 0.489 e. The number of carboxylic acids is 1. The SMILES string of the molecule is CC1C(c2ccccc2)=CC=CC1(COc1cc(OCc2cncc(C#N)c2)c(CN2C[C@@H](O)C[C@H]2C(=O)O)cc1Cl)OCC(=O)N1CC[C@@H](O)C1. The first-order valence-corrected chi connectivity index (χ1v) is 17.5. The first-order valence-electron chi connectivity index (χ1n) is 17.2. The first-order chi connectivity index (χ1) is 25.0. The number of allylic oxidation sites excluding steroid dienone is 2. The topological polar surface area (TPSA) is 166 Å². The maximum Gasteiger partial charge on any atom is 0.321 e. The highest BCUT2D eigenvalue weighted by Crippen LogP contribution is 2.41. The van der Waals surface area contributed by atoms with Crippen LogP contribution in [0.3, 0.4) is 0 Å². The van der Waals surface area contributed by atoms with Crippen molar-refractivity contribution in [1.82, 2.24) is 14.8 Å². The zero-order chi connectivity index (χ0) is 36.8. The average molecular weight is 729 g/mol. The number of likely N-dealkylation sites (tertiary alicyclic amines) is 2. The second-order valence-electron chi connectivity index (χ2n) is 13.4. The number of aliphatic carboxylic acids is 1. The summed E-state index contributed by atoms with van der Waals surface area (Å²) < 4.78 is 19.2. The molecule has 3 aromatic rings. The maximum absolute atomic E-state index is 13.2. The monoisotopic (exact) mass is 728 g/mol. The van der Waals surface area contributed by atoms with E-state index in [9.17, 15) is 30.2 Å². The Kier molecular flexibility index (Phi) is 11.6. The molecule has 2 aliphatic heterocycles. The van der Waals surface area contributed by atoms with Crippen molar-refractivity contribution < 1.29 is 39.1 Å². The number of benzene rings is 2. The van der Waals surface area contributed by atoms with Crippen LogP contribution in [0.15, 0.2) is 79.2 Å². The molecule has 3 heterocycles. The molecule has 13 heteroatoms. The molecular formula is C39H41ClN4O8. The number of nitrogens with zero attached hydrogens (tertiary/aromatic N) is 4. The van der Waals surface area contributed by atoms with Gasteiger partial charge in [-0.05, 0) is 35.8 Å². The lowest BCUT2D eigenvalue weighted by Gasteiger charge is -2.39. The lowest BCUT2D eigenvalue weighted by molar-refractivity contribution is -0.144. The molecule has 3 aliphatic rings. The molecule has 0 spiro atoms. The molecule has 2 fully saturated rings. The molecule has 12 nitrogen and oxygen atoms in total. The van der Waals surface area contributed by atoms with Crippen LogP contribution in [0.25, 0.3) is 5.57 Å². The number of β-amino-alcohol motifs (C(OH)–C–C–N with tert-alkyl or cyclic N) is 2. The highest BCUT2D eigenvalue weighted by molar-refractivity contribution is 6.32. The molecule has 0 radical (unpaired) electrons. The number of aromatic nitrogens is 1. The molecule has 2 unspecified atom stereocenters. The summed E-state index contributed by atoms with van der Waals surface area (Å²) in [6, 6.07) is 16.0. The fourth-order valence-electron chi connectivity index (χ4n) is 6.94. The van der Waals surface area contributed by atoms with Gasteiger partial charge in [0.2, 0.25) is 5.91 Å². The average Bonchev–Trinajstić information content (AvgIpc) is 3.75. The normalized spacial score (nSPS) is 24.4. The number of halogens is 1. The van der Waals surface area contributed by atoms with Crippen LogP contribution in [-0.4, -0.2) is 98.7 Å². The molecule has 5 atom stereocenters. The van der Waals surface area contributed by atoms with E-state index in [2.05, 4.69) is 11.1 Å². The van der Waals surface area contributed by atoms with Crippen molar-refractivity contribution in [1.29, 1.82) is 5.26 Å². The van der Waals surface area contributed by atoms with Crippen molar-refractivity contribution in [3.8, 4) is 17.6 Å².